The Kier molecular flexibility index (Phi) is 3.94. The zero-order chi connectivity index (χ0) is 16.4. The Hall–Kier alpha value is -2.93. The lowest BCUT2D eigenvalue weighted by Gasteiger charge is -2.13. The number of rotatable bonds is 5. The van der Waals surface area contributed by atoms with Crippen LogP contribution in [0.5, 0.6) is 0 Å². The summed E-state index contributed by atoms with van der Waals surface area (Å²) in [5, 5.41) is 16.2. The molecule has 2 amide bonds. The highest BCUT2D eigenvalue weighted by molar-refractivity contribution is 6.17. The molecule has 1 aromatic heterocycles. The molecule has 0 spiro atoms. The minimum absolute atomic E-state index is 0.00663. The lowest BCUT2D eigenvalue weighted by molar-refractivity contribution is -0.137. The van der Waals surface area contributed by atoms with Gasteiger partial charge in [-0.1, -0.05) is 12.1 Å². The van der Waals surface area contributed by atoms with Crippen molar-refractivity contribution in [2.75, 3.05) is 18.5 Å². The second-order valence-electron chi connectivity index (χ2n) is 5.16. The quantitative estimate of drug-likeness (QED) is 0.795. The Morgan fingerprint density at radius 3 is 2.78 bits per heavy atom. The minimum atomic E-state index is -0.438. The van der Waals surface area contributed by atoms with E-state index in [1.165, 1.54) is 6.08 Å². The summed E-state index contributed by atoms with van der Waals surface area (Å²) in [6, 6.07) is 9.32. The maximum Gasteiger partial charge on any atom is 0.277 e. The van der Waals surface area contributed by atoms with Gasteiger partial charge in [0.1, 0.15) is 5.70 Å². The van der Waals surface area contributed by atoms with Gasteiger partial charge in [0.2, 0.25) is 0 Å². The molecule has 0 aliphatic carbocycles. The second kappa shape index (κ2) is 6.05. The van der Waals surface area contributed by atoms with Crippen LogP contribution in [0.1, 0.15) is 0 Å². The van der Waals surface area contributed by atoms with E-state index in [-0.39, 0.29) is 18.8 Å². The fourth-order valence-electron chi connectivity index (χ4n) is 2.39. The molecule has 2 N–H and O–H groups in total. The molecular weight excluding hydrogens is 296 g/mol. The van der Waals surface area contributed by atoms with Gasteiger partial charge in [-0.3, -0.25) is 19.2 Å². The Morgan fingerprint density at radius 1 is 1.26 bits per heavy atom. The van der Waals surface area contributed by atoms with Gasteiger partial charge in [0.25, 0.3) is 11.8 Å². The summed E-state index contributed by atoms with van der Waals surface area (Å²) in [7, 11) is 1.84. The van der Waals surface area contributed by atoms with Crippen molar-refractivity contribution in [1.82, 2.24) is 14.7 Å². The number of aliphatic hydroxyl groups is 1. The van der Waals surface area contributed by atoms with E-state index in [4.69, 9.17) is 5.11 Å². The van der Waals surface area contributed by atoms with E-state index in [0.29, 0.717) is 5.69 Å². The summed E-state index contributed by atoms with van der Waals surface area (Å²) in [6.45, 7) is -0.263. The van der Waals surface area contributed by atoms with Crippen LogP contribution in [0.3, 0.4) is 0 Å². The van der Waals surface area contributed by atoms with Crippen LogP contribution in [0.25, 0.3) is 11.3 Å². The number of benzene rings is 1. The average molecular weight is 312 g/mol. The van der Waals surface area contributed by atoms with Crippen LogP contribution in [0.2, 0.25) is 0 Å². The third-order valence-corrected chi connectivity index (χ3v) is 3.48. The molecule has 2 heterocycles. The molecule has 0 radical (unpaired) electrons. The molecule has 1 aliphatic rings. The number of nitrogens with one attached hydrogen (secondary N) is 1. The molecule has 0 fully saturated rings. The van der Waals surface area contributed by atoms with E-state index in [1.807, 2.05) is 37.5 Å². The molecule has 3 rings (SSSR count). The number of imide groups is 1. The van der Waals surface area contributed by atoms with Crippen molar-refractivity contribution >= 4 is 17.5 Å². The van der Waals surface area contributed by atoms with E-state index in [9.17, 15) is 9.59 Å². The summed E-state index contributed by atoms with van der Waals surface area (Å²) in [4.78, 5) is 24.9. The molecule has 0 atom stereocenters. The van der Waals surface area contributed by atoms with Gasteiger partial charge < -0.3 is 10.4 Å². The number of carbonyl (C=O) groups is 2. The predicted octanol–water partition coefficient (Wildman–Crippen LogP) is 0.744. The van der Waals surface area contributed by atoms with Crippen molar-refractivity contribution in [1.29, 1.82) is 0 Å². The van der Waals surface area contributed by atoms with Gasteiger partial charge in [-0.2, -0.15) is 5.10 Å². The monoisotopic (exact) mass is 312 g/mol. The maximum absolute atomic E-state index is 12.1. The maximum atomic E-state index is 12.1. The number of anilines is 1. The third kappa shape index (κ3) is 3.00. The predicted molar refractivity (Wildman–Crippen MR) is 84.2 cm³/mol. The first-order valence-electron chi connectivity index (χ1n) is 7.14. The summed E-state index contributed by atoms with van der Waals surface area (Å²) in [5.41, 5.74) is 2.61. The number of hydrogen-bond acceptors (Lipinski definition) is 5. The Morgan fingerprint density at radius 2 is 2.09 bits per heavy atom. The molecular formula is C16H16N4O3. The molecule has 118 valence electrons. The highest BCUT2D eigenvalue weighted by Crippen LogP contribution is 2.23. The fraction of sp³-hybridized carbons (Fsp3) is 0.188. The topological polar surface area (TPSA) is 87.5 Å². The molecule has 0 saturated heterocycles. The van der Waals surface area contributed by atoms with Crippen molar-refractivity contribution in [2.24, 2.45) is 7.05 Å². The van der Waals surface area contributed by atoms with Crippen molar-refractivity contribution in [3.63, 3.8) is 0 Å². The van der Waals surface area contributed by atoms with Gasteiger partial charge in [-0.05, 0) is 18.2 Å². The number of carbonyl (C=O) groups excluding carboxylic acids is 2. The van der Waals surface area contributed by atoms with E-state index in [0.717, 1.165) is 16.2 Å². The molecule has 0 saturated carbocycles. The number of β-amino-alcohol motifs (C(OH)–C–C–N with tert-alkyl or cyclic N) is 1. The zero-order valence-electron chi connectivity index (χ0n) is 12.6. The molecule has 7 heteroatoms. The summed E-state index contributed by atoms with van der Waals surface area (Å²) >= 11 is 0. The molecule has 23 heavy (non-hydrogen) atoms. The largest absolute Gasteiger partial charge is 0.395 e. The summed E-state index contributed by atoms with van der Waals surface area (Å²) in [5.74, 6) is -0.861. The molecule has 1 aliphatic heterocycles. The van der Waals surface area contributed by atoms with Gasteiger partial charge in [-0.25, -0.2) is 0 Å². The Bertz CT molecular complexity index is 794. The van der Waals surface area contributed by atoms with Crippen LogP contribution in [0.4, 0.5) is 5.69 Å². The molecule has 0 unspecified atom stereocenters. The number of nitrogens with zero attached hydrogens (tertiary/aromatic N) is 3. The van der Waals surface area contributed by atoms with Gasteiger partial charge in [0.05, 0.1) is 18.8 Å². The van der Waals surface area contributed by atoms with Crippen molar-refractivity contribution < 1.29 is 14.7 Å². The van der Waals surface area contributed by atoms with Crippen LogP contribution in [-0.4, -0.2) is 44.8 Å². The first kappa shape index (κ1) is 15.0. The van der Waals surface area contributed by atoms with E-state index in [2.05, 4.69) is 10.4 Å². The van der Waals surface area contributed by atoms with E-state index < -0.39 is 11.8 Å². The highest BCUT2D eigenvalue weighted by atomic mass is 16.3. The number of aliphatic hydroxyl groups excluding tert-OH is 1. The lowest BCUT2D eigenvalue weighted by Crippen LogP contribution is -2.34. The standard InChI is InChI=1S/C16H16N4O3/c1-19-6-5-13(18-19)11-3-2-4-12(9-11)17-14-10-15(22)20(7-8-21)16(14)23/h2-6,9-10,17,21H,7-8H2,1H3. The first-order valence-corrected chi connectivity index (χ1v) is 7.14. The van der Waals surface area contributed by atoms with Gasteiger partial charge in [-0.15, -0.1) is 0 Å². The van der Waals surface area contributed by atoms with Crippen molar-refractivity contribution in [3.05, 3.63) is 48.3 Å². The summed E-state index contributed by atoms with van der Waals surface area (Å²) < 4.78 is 1.71. The smallest absolute Gasteiger partial charge is 0.277 e. The Balaban J connectivity index is 1.80. The van der Waals surface area contributed by atoms with Gasteiger partial charge >= 0.3 is 0 Å². The summed E-state index contributed by atoms with van der Waals surface area (Å²) in [6.07, 6.45) is 3.09. The first-order chi connectivity index (χ1) is 11.1. The molecule has 7 nitrogen and oxygen atoms in total. The number of amides is 2. The number of aryl methyl sites for hydroxylation is 1. The highest BCUT2D eigenvalue weighted by Gasteiger charge is 2.30. The Labute approximate surface area is 132 Å². The number of aromatic nitrogens is 2. The van der Waals surface area contributed by atoms with Crippen LogP contribution in [0, 0.1) is 0 Å². The van der Waals surface area contributed by atoms with Gasteiger partial charge in [0.15, 0.2) is 0 Å². The normalized spacial score (nSPS) is 14.3. The second-order valence-corrected chi connectivity index (χ2v) is 5.16. The molecule has 0 bridgehead atoms. The molecule has 1 aromatic carbocycles. The molecule has 2 aromatic rings. The minimum Gasteiger partial charge on any atom is -0.395 e. The lowest BCUT2D eigenvalue weighted by atomic mass is 10.1. The average Bonchev–Trinajstić information content (AvgIpc) is 3.07. The van der Waals surface area contributed by atoms with E-state index >= 15 is 0 Å². The van der Waals surface area contributed by atoms with Crippen molar-refractivity contribution in [2.45, 2.75) is 0 Å². The van der Waals surface area contributed by atoms with E-state index in [1.54, 1.807) is 10.7 Å². The van der Waals surface area contributed by atoms with Crippen molar-refractivity contribution in [3.8, 4) is 11.3 Å². The van der Waals surface area contributed by atoms with Crippen LogP contribution < -0.4 is 5.32 Å². The van der Waals surface area contributed by atoms with Crippen LogP contribution in [0.15, 0.2) is 48.3 Å². The fourth-order valence-corrected chi connectivity index (χ4v) is 2.39. The van der Waals surface area contributed by atoms with Crippen LogP contribution >= 0.6 is 0 Å². The number of hydrogen-bond donors (Lipinski definition) is 2. The van der Waals surface area contributed by atoms with Crippen LogP contribution in [-0.2, 0) is 16.6 Å². The SMILES string of the molecule is Cn1ccc(-c2cccc(NC3=CC(=O)N(CCO)C3=O)c2)n1. The zero-order valence-corrected chi connectivity index (χ0v) is 12.6. The third-order valence-electron chi connectivity index (χ3n) is 3.48. The van der Waals surface area contributed by atoms with Gasteiger partial charge in [0, 0.05) is 30.6 Å².